The van der Waals surface area contributed by atoms with Gasteiger partial charge < -0.3 is 10.6 Å². The lowest BCUT2D eigenvalue weighted by Crippen LogP contribution is -2.12. The molecule has 0 atom stereocenters. The topological polar surface area (TPSA) is 53.0 Å². The van der Waals surface area contributed by atoms with Gasteiger partial charge in [0.1, 0.15) is 6.07 Å². The first-order chi connectivity index (χ1) is 9.04. The number of hydrogen-bond donors (Lipinski definition) is 1. The highest BCUT2D eigenvalue weighted by Gasteiger charge is 2.12. The highest BCUT2D eigenvalue weighted by atomic mass is 79.9. The number of nitrogens with two attached hydrogens (primary N) is 1. The average Bonchev–Trinajstić information content (AvgIpc) is 2.42. The van der Waals surface area contributed by atoms with E-state index in [4.69, 9.17) is 5.73 Å². The number of anilines is 3. The van der Waals surface area contributed by atoms with Crippen LogP contribution in [0.25, 0.3) is 0 Å². The molecular formula is C15H14BrN3. The fourth-order valence-corrected chi connectivity index (χ4v) is 2.56. The van der Waals surface area contributed by atoms with E-state index >= 15 is 0 Å². The van der Waals surface area contributed by atoms with E-state index in [0.717, 1.165) is 27.1 Å². The number of benzene rings is 2. The van der Waals surface area contributed by atoms with E-state index in [0.29, 0.717) is 5.56 Å². The van der Waals surface area contributed by atoms with Gasteiger partial charge in [0.2, 0.25) is 0 Å². The average molecular weight is 316 g/mol. The molecule has 0 aliphatic heterocycles. The molecule has 0 aliphatic carbocycles. The maximum atomic E-state index is 9.17. The third kappa shape index (κ3) is 2.56. The van der Waals surface area contributed by atoms with Crippen LogP contribution >= 0.6 is 15.9 Å². The number of nitrogen functional groups attached to an aromatic ring is 1. The van der Waals surface area contributed by atoms with Crippen molar-refractivity contribution in [3.05, 3.63) is 52.0 Å². The fourth-order valence-electron chi connectivity index (χ4n) is 1.93. The molecule has 0 spiro atoms. The minimum Gasteiger partial charge on any atom is -0.398 e. The van der Waals surface area contributed by atoms with Gasteiger partial charge in [0.25, 0.3) is 0 Å². The maximum absolute atomic E-state index is 9.17. The minimum absolute atomic E-state index is 0.645. The largest absolute Gasteiger partial charge is 0.398 e. The third-order valence-electron chi connectivity index (χ3n) is 3.08. The first-order valence-corrected chi connectivity index (χ1v) is 6.62. The van der Waals surface area contributed by atoms with E-state index in [9.17, 15) is 5.26 Å². The van der Waals surface area contributed by atoms with Crippen molar-refractivity contribution in [1.82, 2.24) is 0 Å². The van der Waals surface area contributed by atoms with Crippen LogP contribution < -0.4 is 10.6 Å². The van der Waals surface area contributed by atoms with Crippen LogP contribution in [-0.4, -0.2) is 7.05 Å². The van der Waals surface area contributed by atoms with Crippen molar-refractivity contribution in [3.8, 4) is 6.07 Å². The number of nitriles is 1. The Morgan fingerprint density at radius 2 is 1.89 bits per heavy atom. The lowest BCUT2D eigenvalue weighted by Gasteiger charge is -2.23. The van der Waals surface area contributed by atoms with Gasteiger partial charge in [-0.1, -0.05) is 12.1 Å². The minimum atomic E-state index is 0.645. The Morgan fingerprint density at radius 1 is 1.21 bits per heavy atom. The summed E-state index contributed by atoms with van der Waals surface area (Å²) in [5, 5.41) is 9.17. The maximum Gasteiger partial charge on any atom is 0.101 e. The van der Waals surface area contributed by atoms with Gasteiger partial charge in [0, 0.05) is 17.2 Å². The van der Waals surface area contributed by atoms with Gasteiger partial charge in [0.05, 0.1) is 16.9 Å². The molecular weight excluding hydrogens is 302 g/mol. The predicted molar refractivity (Wildman–Crippen MR) is 82.5 cm³/mol. The molecule has 0 saturated heterocycles. The molecule has 0 radical (unpaired) electrons. The molecule has 2 aromatic carbocycles. The van der Waals surface area contributed by atoms with Gasteiger partial charge in [-0.3, -0.25) is 0 Å². The molecule has 0 heterocycles. The number of hydrogen-bond acceptors (Lipinski definition) is 3. The first kappa shape index (κ1) is 13.4. The molecule has 0 aromatic heterocycles. The van der Waals surface area contributed by atoms with Gasteiger partial charge >= 0.3 is 0 Å². The molecule has 3 nitrogen and oxygen atoms in total. The summed E-state index contributed by atoms with van der Waals surface area (Å²) in [6.45, 7) is 1.97. The van der Waals surface area contributed by atoms with E-state index in [1.165, 1.54) is 0 Å². The molecule has 0 unspecified atom stereocenters. The van der Waals surface area contributed by atoms with Gasteiger partial charge in [-0.05, 0) is 52.7 Å². The standard InChI is InChI=1S/C15H14BrN3/c1-10-7-15(12(16)8-13(10)18)19(2)14-6-4-3-5-11(14)9-17/h3-8H,18H2,1-2H3. The van der Waals surface area contributed by atoms with Crippen molar-refractivity contribution in [3.63, 3.8) is 0 Å². The molecule has 2 N–H and O–H groups in total. The summed E-state index contributed by atoms with van der Waals surface area (Å²) in [4.78, 5) is 1.98. The predicted octanol–water partition coefficient (Wildman–Crippen LogP) is 3.98. The zero-order valence-electron chi connectivity index (χ0n) is 10.8. The summed E-state index contributed by atoms with van der Waals surface area (Å²) in [6, 6.07) is 13.6. The van der Waals surface area contributed by atoms with E-state index in [-0.39, 0.29) is 0 Å². The van der Waals surface area contributed by atoms with Gasteiger partial charge in [0.15, 0.2) is 0 Å². The number of para-hydroxylation sites is 1. The Bertz CT molecular complexity index is 659. The van der Waals surface area contributed by atoms with Crippen LogP contribution in [0.3, 0.4) is 0 Å². The molecule has 2 aromatic rings. The van der Waals surface area contributed by atoms with Crippen molar-refractivity contribution in [2.24, 2.45) is 0 Å². The van der Waals surface area contributed by atoms with Gasteiger partial charge in [-0.25, -0.2) is 0 Å². The Balaban J connectivity index is 2.54. The molecule has 2 rings (SSSR count). The second kappa shape index (κ2) is 5.33. The number of rotatable bonds is 2. The molecule has 19 heavy (non-hydrogen) atoms. The normalized spacial score (nSPS) is 10.0. The van der Waals surface area contributed by atoms with Gasteiger partial charge in [-0.2, -0.15) is 5.26 Å². The summed E-state index contributed by atoms with van der Waals surface area (Å²) in [5.41, 5.74) is 10.1. The van der Waals surface area contributed by atoms with Crippen molar-refractivity contribution < 1.29 is 0 Å². The Kier molecular flexibility index (Phi) is 3.77. The molecule has 0 saturated carbocycles. The highest BCUT2D eigenvalue weighted by Crippen LogP contribution is 2.35. The molecule has 0 bridgehead atoms. The van der Waals surface area contributed by atoms with E-state index in [1.807, 2.05) is 55.3 Å². The second-order valence-electron chi connectivity index (χ2n) is 4.35. The van der Waals surface area contributed by atoms with Crippen LogP contribution in [0.2, 0.25) is 0 Å². The van der Waals surface area contributed by atoms with Crippen LogP contribution in [0.4, 0.5) is 17.1 Å². The monoisotopic (exact) mass is 315 g/mol. The number of aryl methyl sites for hydroxylation is 1. The fraction of sp³-hybridized carbons (Fsp3) is 0.133. The quantitative estimate of drug-likeness (QED) is 0.853. The van der Waals surface area contributed by atoms with Crippen molar-refractivity contribution in [2.45, 2.75) is 6.92 Å². The molecule has 0 amide bonds. The summed E-state index contributed by atoms with van der Waals surface area (Å²) < 4.78 is 0.908. The smallest absolute Gasteiger partial charge is 0.101 e. The molecule has 0 fully saturated rings. The second-order valence-corrected chi connectivity index (χ2v) is 5.20. The summed E-state index contributed by atoms with van der Waals surface area (Å²) in [7, 11) is 1.94. The van der Waals surface area contributed by atoms with Crippen LogP contribution in [0.5, 0.6) is 0 Å². The lowest BCUT2D eigenvalue weighted by molar-refractivity contribution is 1.18. The van der Waals surface area contributed by atoms with Crippen molar-refractivity contribution >= 4 is 33.0 Å². The first-order valence-electron chi connectivity index (χ1n) is 5.83. The molecule has 0 aliphatic rings. The summed E-state index contributed by atoms with van der Waals surface area (Å²) in [5.74, 6) is 0. The van der Waals surface area contributed by atoms with Crippen molar-refractivity contribution in [1.29, 1.82) is 5.26 Å². The Hall–Kier alpha value is -1.99. The van der Waals surface area contributed by atoms with E-state index in [2.05, 4.69) is 22.0 Å². The highest BCUT2D eigenvalue weighted by molar-refractivity contribution is 9.10. The lowest BCUT2D eigenvalue weighted by atomic mass is 10.1. The number of halogens is 1. The molecule has 96 valence electrons. The molecule has 4 heteroatoms. The Morgan fingerprint density at radius 3 is 2.58 bits per heavy atom. The zero-order chi connectivity index (χ0) is 14.0. The third-order valence-corrected chi connectivity index (χ3v) is 3.72. The van der Waals surface area contributed by atoms with Crippen LogP contribution in [0.15, 0.2) is 40.9 Å². The van der Waals surface area contributed by atoms with Crippen LogP contribution in [0.1, 0.15) is 11.1 Å². The summed E-state index contributed by atoms with van der Waals surface area (Å²) >= 11 is 3.52. The number of nitrogens with zero attached hydrogens (tertiary/aromatic N) is 2. The summed E-state index contributed by atoms with van der Waals surface area (Å²) in [6.07, 6.45) is 0. The van der Waals surface area contributed by atoms with Crippen LogP contribution in [-0.2, 0) is 0 Å². The zero-order valence-corrected chi connectivity index (χ0v) is 12.4. The van der Waals surface area contributed by atoms with Crippen molar-refractivity contribution in [2.75, 3.05) is 17.7 Å². The Labute approximate surface area is 121 Å². The van der Waals surface area contributed by atoms with Gasteiger partial charge in [-0.15, -0.1) is 0 Å². The van der Waals surface area contributed by atoms with E-state index < -0.39 is 0 Å². The van der Waals surface area contributed by atoms with E-state index in [1.54, 1.807) is 0 Å². The van der Waals surface area contributed by atoms with Crippen LogP contribution in [0, 0.1) is 18.3 Å². The SMILES string of the molecule is Cc1cc(N(C)c2ccccc2C#N)c(Br)cc1N.